The Morgan fingerprint density at radius 1 is 0.906 bits per heavy atom. The summed E-state index contributed by atoms with van der Waals surface area (Å²) in [6.45, 7) is 3.30. The number of pyridine rings is 1. The van der Waals surface area contributed by atoms with Crippen molar-refractivity contribution in [3.05, 3.63) is 78.0 Å². The van der Waals surface area contributed by atoms with Gasteiger partial charge in [-0.2, -0.15) is 17.7 Å². The third-order valence-corrected chi connectivity index (χ3v) is 5.98. The highest BCUT2D eigenvalue weighted by Gasteiger charge is 2.37. The van der Waals surface area contributed by atoms with Gasteiger partial charge < -0.3 is 4.55 Å². The van der Waals surface area contributed by atoms with E-state index in [-0.39, 0.29) is 0 Å². The summed E-state index contributed by atoms with van der Waals surface area (Å²) in [7, 11) is -6.09. The second-order valence-corrected chi connectivity index (χ2v) is 8.82. The van der Waals surface area contributed by atoms with E-state index in [1.165, 1.54) is 48.1 Å². The molecule has 1 aliphatic carbocycles. The molecule has 0 atom stereocenters. The molecule has 4 rings (SSSR count). The number of aromatic nitrogens is 1. The maximum absolute atomic E-state index is 10.7. The summed E-state index contributed by atoms with van der Waals surface area (Å²) in [6.07, 6.45) is 5.01. The van der Waals surface area contributed by atoms with Crippen LogP contribution in [0.15, 0.2) is 66.7 Å². The second kappa shape index (κ2) is 9.83. The first kappa shape index (κ1) is 23.9. The number of halogens is 3. The van der Waals surface area contributed by atoms with Crippen LogP contribution in [0.2, 0.25) is 0 Å². The highest BCUT2D eigenvalue weighted by Crippen LogP contribution is 2.33. The van der Waals surface area contributed by atoms with Crippen LogP contribution in [0.4, 0.5) is 13.2 Å². The molecule has 0 amide bonds. The molecule has 3 aromatic rings. The number of fused-ring (bicyclic) bond motifs is 1. The lowest BCUT2D eigenvalue weighted by molar-refractivity contribution is -0.690. The zero-order valence-electron chi connectivity index (χ0n) is 17.6. The molecule has 1 aliphatic rings. The van der Waals surface area contributed by atoms with Gasteiger partial charge in [-0.15, -0.1) is 0 Å². The quantitative estimate of drug-likeness (QED) is 0.303. The predicted octanol–water partition coefficient (Wildman–Crippen LogP) is 5.26. The molecule has 32 heavy (non-hydrogen) atoms. The van der Waals surface area contributed by atoms with Gasteiger partial charge in [0.2, 0.25) is 5.69 Å². The minimum atomic E-state index is -6.09. The molecule has 0 N–H and O–H groups in total. The van der Waals surface area contributed by atoms with Gasteiger partial charge in [0.1, 0.15) is 6.54 Å². The van der Waals surface area contributed by atoms with Crippen molar-refractivity contribution in [1.29, 1.82) is 0 Å². The summed E-state index contributed by atoms with van der Waals surface area (Å²) in [4.78, 5) is 0. The van der Waals surface area contributed by atoms with Crippen LogP contribution in [-0.4, -0.2) is 18.5 Å². The number of benzene rings is 2. The van der Waals surface area contributed by atoms with E-state index in [2.05, 4.69) is 78.2 Å². The van der Waals surface area contributed by atoms with Gasteiger partial charge in [-0.05, 0) is 49.4 Å². The molecule has 8 heteroatoms. The molecule has 0 aliphatic heterocycles. The van der Waals surface area contributed by atoms with Crippen molar-refractivity contribution in [2.45, 2.75) is 44.7 Å². The second-order valence-electron chi connectivity index (χ2n) is 7.45. The molecular weight excluding hydrogens is 439 g/mol. The third-order valence-electron chi connectivity index (χ3n) is 5.42. The maximum Gasteiger partial charge on any atom is 0.485 e. The number of alkyl halides is 3. The molecule has 170 valence electrons. The molecule has 0 saturated carbocycles. The minimum Gasteiger partial charge on any atom is -0.741 e. The Morgan fingerprint density at radius 3 is 1.91 bits per heavy atom. The van der Waals surface area contributed by atoms with Crippen LogP contribution in [0.25, 0.3) is 22.4 Å². The van der Waals surface area contributed by atoms with Gasteiger partial charge in [-0.3, -0.25) is 0 Å². The summed E-state index contributed by atoms with van der Waals surface area (Å²) in [5.41, 5.74) is 2.89. The van der Waals surface area contributed by atoms with Crippen molar-refractivity contribution in [2.75, 3.05) is 0 Å². The van der Waals surface area contributed by atoms with Crippen LogP contribution in [0.3, 0.4) is 0 Å². The lowest BCUT2D eigenvalue weighted by atomic mass is 9.87. The average Bonchev–Trinajstić information content (AvgIpc) is 2.78. The number of rotatable bonds is 3. The monoisotopic (exact) mass is 463 g/mol. The Hall–Kier alpha value is -2.71. The summed E-state index contributed by atoms with van der Waals surface area (Å²) >= 11 is 0. The number of hydrogen-bond donors (Lipinski definition) is 0. The van der Waals surface area contributed by atoms with Gasteiger partial charge >= 0.3 is 5.51 Å². The molecule has 0 fully saturated rings. The third kappa shape index (κ3) is 5.37. The Bertz CT molecular complexity index is 1100. The van der Waals surface area contributed by atoms with Gasteiger partial charge in [0.15, 0.2) is 15.8 Å². The molecular formula is C24H24F3NO3S. The van der Waals surface area contributed by atoms with E-state index in [1.807, 2.05) is 0 Å². The summed E-state index contributed by atoms with van der Waals surface area (Å²) in [5.74, 6) is 0. The zero-order valence-corrected chi connectivity index (χ0v) is 18.4. The fourth-order valence-corrected chi connectivity index (χ4v) is 4.01. The van der Waals surface area contributed by atoms with Crippen LogP contribution in [0.1, 0.15) is 31.0 Å². The molecule has 0 saturated heterocycles. The Labute approximate surface area is 186 Å². The topological polar surface area (TPSA) is 61.1 Å². The van der Waals surface area contributed by atoms with Gasteiger partial charge in [0, 0.05) is 23.6 Å². The fourth-order valence-electron chi connectivity index (χ4n) is 4.01. The van der Waals surface area contributed by atoms with Crippen LogP contribution >= 0.6 is 0 Å². The van der Waals surface area contributed by atoms with E-state index in [9.17, 15) is 13.2 Å². The van der Waals surface area contributed by atoms with E-state index < -0.39 is 15.6 Å². The van der Waals surface area contributed by atoms with Crippen molar-refractivity contribution < 1.29 is 30.7 Å². The lowest BCUT2D eigenvalue weighted by Crippen LogP contribution is -2.42. The SMILES string of the molecule is CC[n+]1c(-c2ccccc2)cc(-c2ccccc2)c2c1CCCC2.O=S(=O)([O-])C(F)(F)F. The zero-order chi connectivity index (χ0) is 23.4. The van der Waals surface area contributed by atoms with Gasteiger partial charge in [-0.1, -0.05) is 48.5 Å². The Kier molecular flexibility index (Phi) is 7.36. The first-order chi connectivity index (χ1) is 15.1. The molecule has 0 bridgehead atoms. The van der Waals surface area contributed by atoms with Gasteiger partial charge in [-0.25, -0.2) is 8.42 Å². The molecule has 2 aromatic carbocycles. The number of nitrogens with zero attached hydrogens (tertiary/aromatic N) is 1. The summed E-state index contributed by atoms with van der Waals surface area (Å²) < 4.78 is 61.4. The first-order valence-electron chi connectivity index (χ1n) is 10.3. The Morgan fingerprint density at radius 2 is 1.41 bits per heavy atom. The largest absolute Gasteiger partial charge is 0.741 e. The van der Waals surface area contributed by atoms with Crippen molar-refractivity contribution in [1.82, 2.24) is 0 Å². The smallest absolute Gasteiger partial charge is 0.485 e. The average molecular weight is 464 g/mol. The van der Waals surface area contributed by atoms with Crippen LogP contribution < -0.4 is 4.57 Å². The Balaban J connectivity index is 0.000000312. The van der Waals surface area contributed by atoms with E-state index in [1.54, 1.807) is 11.3 Å². The summed E-state index contributed by atoms with van der Waals surface area (Å²) in [6, 6.07) is 24.1. The fraction of sp³-hybridized carbons (Fsp3) is 0.292. The number of hydrogen-bond acceptors (Lipinski definition) is 3. The normalized spacial score (nSPS) is 13.7. The van der Waals surface area contributed by atoms with Crippen molar-refractivity contribution in [3.8, 4) is 22.4 Å². The van der Waals surface area contributed by atoms with E-state index in [0.29, 0.717) is 0 Å². The molecule has 0 radical (unpaired) electrons. The van der Waals surface area contributed by atoms with E-state index >= 15 is 0 Å². The van der Waals surface area contributed by atoms with Crippen LogP contribution in [-0.2, 0) is 29.5 Å². The molecule has 1 heterocycles. The predicted molar refractivity (Wildman–Crippen MR) is 116 cm³/mol. The standard InChI is InChI=1S/C23H24N.CHF3O3S/c1-2-24-22-16-10-9-15-20(22)21(18-11-5-3-6-12-18)17-23(24)19-13-7-4-8-14-19;2-1(3,4)8(5,6)7/h3-8,11-14,17H,2,9-10,15-16H2,1H3;(H,5,6,7)/q+1;/p-1. The maximum atomic E-state index is 10.7. The summed E-state index contributed by atoms with van der Waals surface area (Å²) in [5, 5.41) is 0. The molecule has 1 aromatic heterocycles. The highest BCUT2D eigenvalue weighted by molar-refractivity contribution is 7.86. The molecule has 0 unspecified atom stereocenters. The van der Waals surface area contributed by atoms with Crippen LogP contribution in [0, 0.1) is 0 Å². The van der Waals surface area contributed by atoms with Gasteiger partial charge in [0.05, 0.1) is 0 Å². The van der Waals surface area contributed by atoms with Crippen molar-refractivity contribution in [2.24, 2.45) is 0 Å². The molecule has 4 nitrogen and oxygen atoms in total. The van der Waals surface area contributed by atoms with E-state index in [4.69, 9.17) is 13.0 Å². The van der Waals surface area contributed by atoms with Crippen molar-refractivity contribution >= 4 is 10.1 Å². The lowest BCUT2D eigenvalue weighted by Gasteiger charge is -2.20. The minimum absolute atomic E-state index is 1.03. The first-order valence-corrected chi connectivity index (χ1v) is 11.8. The highest BCUT2D eigenvalue weighted by atomic mass is 32.2. The van der Waals surface area contributed by atoms with Crippen molar-refractivity contribution in [3.63, 3.8) is 0 Å². The molecule has 0 spiro atoms. The van der Waals surface area contributed by atoms with E-state index in [0.717, 1.165) is 6.54 Å². The van der Waals surface area contributed by atoms with Crippen LogP contribution in [0.5, 0.6) is 0 Å². The van der Waals surface area contributed by atoms with Gasteiger partial charge in [0.25, 0.3) is 0 Å².